The van der Waals surface area contributed by atoms with E-state index in [0.29, 0.717) is 31.0 Å². The van der Waals surface area contributed by atoms with Gasteiger partial charge < -0.3 is 29.9 Å². The van der Waals surface area contributed by atoms with Crippen molar-refractivity contribution in [1.82, 2.24) is 25.1 Å². The van der Waals surface area contributed by atoms with Gasteiger partial charge in [-0.1, -0.05) is 71.8 Å². The summed E-state index contributed by atoms with van der Waals surface area (Å²) in [5.41, 5.74) is 6.49. The van der Waals surface area contributed by atoms with Crippen LogP contribution in [-0.2, 0) is 26.6 Å². The zero-order valence-corrected chi connectivity index (χ0v) is 25.0. The second-order valence-corrected chi connectivity index (χ2v) is 11.8. The number of nitrogens with one attached hydrogen (secondary N) is 2. The Labute approximate surface area is 250 Å². The van der Waals surface area contributed by atoms with Crippen molar-refractivity contribution in [1.29, 1.82) is 0 Å². The molecule has 8 nitrogen and oxygen atoms in total. The van der Waals surface area contributed by atoms with E-state index in [1.807, 2.05) is 73.3 Å². The molecule has 10 heteroatoms. The van der Waals surface area contributed by atoms with Gasteiger partial charge >= 0.3 is 0 Å². The number of carbonyl (C=O) groups is 1. The quantitative estimate of drug-likeness (QED) is 0.255. The number of alkyl halides is 2. The third kappa shape index (κ3) is 6.08. The first kappa shape index (κ1) is 29.4. The van der Waals surface area contributed by atoms with Gasteiger partial charge in [-0.15, -0.1) is 0 Å². The van der Waals surface area contributed by atoms with Gasteiger partial charge in [0.1, 0.15) is 5.75 Å². The van der Waals surface area contributed by atoms with Gasteiger partial charge in [0, 0.05) is 50.9 Å². The van der Waals surface area contributed by atoms with E-state index in [2.05, 4.69) is 20.5 Å². The number of aliphatic hydroxyl groups is 1. The van der Waals surface area contributed by atoms with Crippen LogP contribution in [0.25, 0.3) is 16.7 Å². The monoisotopic (exact) mass is 595 g/mol. The summed E-state index contributed by atoms with van der Waals surface area (Å²) in [4.78, 5) is 20.2. The predicted molar refractivity (Wildman–Crippen MR) is 163 cm³/mol. The molecule has 5 rings (SSSR count). The normalized spacial score (nSPS) is 18.1. The van der Waals surface area contributed by atoms with Crippen LogP contribution < -0.4 is 15.4 Å². The number of hydrogen-bond acceptors (Lipinski definition) is 6. The summed E-state index contributed by atoms with van der Waals surface area (Å²) in [6, 6.07) is 13.3. The summed E-state index contributed by atoms with van der Waals surface area (Å²) >= 11 is 14.0. The van der Waals surface area contributed by atoms with Crippen LogP contribution in [0.5, 0.6) is 5.75 Å². The summed E-state index contributed by atoms with van der Waals surface area (Å²) in [5.74, 6) is 0.790. The molecule has 0 saturated carbocycles. The molecule has 2 aromatic carbocycles. The third-order valence-electron chi connectivity index (χ3n) is 7.65. The van der Waals surface area contributed by atoms with Gasteiger partial charge in [0.25, 0.3) is 5.91 Å². The topological polar surface area (TPSA) is 91.7 Å². The fourth-order valence-corrected chi connectivity index (χ4v) is 5.99. The Morgan fingerprint density at radius 1 is 1.17 bits per heavy atom. The molecule has 1 unspecified atom stereocenters. The zero-order valence-electron chi connectivity index (χ0n) is 23.5. The summed E-state index contributed by atoms with van der Waals surface area (Å²) in [6.07, 6.45) is 6.40. The molecule has 1 atom stereocenters. The number of methoxy groups -OCH3 is 1. The van der Waals surface area contributed by atoms with Gasteiger partial charge in [-0.05, 0) is 41.4 Å². The van der Waals surface area contributed by atoms with E-state index >= 15 is 0 Å². The van der Waals surface area contributed by atoms with Gasteiger partial charge in [-0.2, -0.15) is 0 Å². The Morgan fingerprint density at radius 3 is 2.73 bits per heavy atom. The van der Waals surface area contributed by atoms with Crippen molar-refractivity contribution in [3.63, 3.8) is 0 Å². The SMILES string of the molecule is COc1cc(-c2cccc(C3=CC=CC(NC(=O)c4nc5c(n4C)CCN(C)C5)C3(Cl)Cl)c2)ccc1CNCCO. The molecule has 0 bridgehead atoms. The maximum absolute atomic E-state index is 13.4. The van der Waals surface area contributed by atoms with Crippen LogP contribution >= 0.6 is 23.2 Å². The number of benzene rings is 2. The zero-order chi connectivity index (χ0) is 29.1. The van der Waals surface area contributed by atoms with Crippen LogP contribution in [0, 0.1) is 0 Å². The molecule has 0 saturated heterocycles. The summed E-state index contributed by atoms with van der Waals surface area (Å²) in [7, 11) is 5.57. The highest BCUT2D eigenvalue weighted by atomic mass is 35.5. The van der Waals surface area contributed by atoms with Gasteiger partial charge in [-0.25, -0.2) is 4.98 Å². The van der Waals surface area contributed by atoms with Gasteiger partial charge in [0.15, 0.2) is 10.2 Å². The minimum atomic E-state index is -1.41. The number of nitrogens with zero attached hydrogens (tertiary/aromatic N) is 3. The minimum absolute atomic E-state index is 0.0775. The van der Waals surface area contributed by atoms with Crippen molar-refractivity contribution in [2.24, 2.45) is 7.05 Å². The third-order valence-corrected chi connectivity index (χ3v) is 8.53. The fourth-order valence-electron chi connectivity index (χ4n) is 5.40. The molecule has 2 heterocycles. The maximum atomic E-state index is 13.4. The van der Waals surface area contributed by atoms with E-state index < -0.39 is 10.4 Å². The second kappa shape index (κ2) is 12.4. The van der Waals surface area contributed by atoms with Crippen LogP contribution in [0.15, 0.2) is 60.7 Å². The number of aromatic nitrogens is 2. The Kier molecular flexibility index (Phi) is 8.87. The molecule has 0 radical (unpaired) electrons. The molecule has 1 aliphatic heterocycles. The van der Waals surface area contributed by atoms with Crippen molar-refractivity contribution < 1.29 is 14.6 Å². The molecule has 0 spiro atoms. The Balaban J connectivity index is 1.36. The van der Waals surface area contributed by atoms with Crippen LogP contribution in [0.3, 0.4) is 0 Å². The van der Waals surface area contributed by atoms with E-state index in [-0.39, 0.29) is 12.5 Å². The summed E-state index contributed by atoms with van der Waals surface area (Å²) < 4.78 is 6.09. The number of likely N-dealkylation sites (N-methyl/N-ethyl adjacent to an activating group) is 1. The maximum Gasteiger partial charge on any atom is 0.287 e. The van der Waals surface area contributed by atoms with Gasteiger partial charge in [-0.3, -0.25) is 4.79 Å². The summed E-state index contributed by atoms with van der Waals surface area (Å²) in [6.45, 7) is 2.83. The van der Waals surface area contributed by atoms with Crippen molar-refractivity contribution >= 4 is 34.7 Å². The van der Waals surface area contributed by atoms with E-state index in [1.165, 1.54) is 0 Å². The first-order valence-electron chi connectivity index (χ1n) is 13.6. The molecule has 1 aliphatic carbocycles. The molecule has 0 fully saturated rings. The lowest BCUT2D eigenvalue weighted by molar-refractivity contribution is 0.0929. The molecular weight excluding hydrogens is 561 g/mol. The number of hydrogen-bond donors (Lipinski definition) is 3. The first-order chi connectivity index (χ1) is 19.7. The average molecular weight is 597 g/mol. The van der Waals surface area contributed by atoms with Gasteiger partial charge in [0.05, 0.1) is 25.5 Å². The number of halogens is 2. The van der Waals surface area contributed by atoms with Crippen LogP contribution in [0.4, 0.5) is 0 Å². The van der Waals surface area contributed by atoms with E-state index in [0.717, 1.165) is 52.4 Å². The Morgan fingerprint density at radius 2 is 1.95 bits per heavy atom. The lowest BCUT2D eigenvalue weighted by Crippen LogP contribution is -2.47. The Bertz CT molecular complexity index is 1500. The lowest BCUT2D eigenvalue weighted by Gasteiger charge is -2.33. The molecule has 41 heavy (non-hydrogen) atoms. The van der Waals surface area contributed by atoms with Crippen molar-refractivity contribution in [3.8, 4) is 16.9 Å². The smallest absolute Gasteiger partial charge is 0.287 e. The molecule has 2 aliphatic rings. The number of imidazole rings is 1. The standard InChI is InChI=1S/C31H35Cl2N5O3/c1-37-14-12-26-25(19-37)35-29(38(26)2)30(40)36-28-9-5-8-24(31(28,32)33)22-7-4-6-20(16-22)21-10-11-23(18-34-13-15-39)27(17-21)41-3/h4-11,16-17,28,34,39H,12-15,18-19H2,1-3H3,(H,36,40). The summed E-state index contributed by atoms with van der Waals surface area (Å²) in [5, 5.41) is 15.2. The molecule has 3 aromatic rings. The van der Waals surface area contributed by atoms with E-state index in [1.54, 1.807) is 13.2 Å². The first-order valence-corrected chi connectivity index (χ1v) is 14.4. The fraction of sp³-hybridized carbons (Fsp3) is 0.355. The predicted octanol–water partition coefficient (Wildman–Crippen LogP) is 4.09. The number of ether oxygens (including phenoxy) is 1. The highest BCUT2D eigenvalue weighted by Crippen LogP contribution is 2.43. The number of rotatable bonds is 9. The van der Waals surface area contributed by atoms with Crippen molar-refractivity contribution in [3.05, 3.63) is 89.0 Å². The molecule has 3 N–H and O–H groups in total. The number of amides is 1. The van der Waals surface area contributed by atoms with E-state index in [4.69, 9.17) is 33.0 Å². The minimum Gasteiger partial charge on any atom is -0.496 e. The van der Waals surface area contributed by atoms with Crippen LogP contribution in [0.1, 0.15) is 33.1 Å². The molecule has 1 amide bonds. The van der Waals surface area contributed by atoms with E-state index in [9.17, 15) is 4.79 Å². The largest absolute Gasteiger partial charge is 0.496 e. The number of carbonyl (C=O) groups excluding carboxylic acids is 1. The highest BCUT2D eigenvalue weighted by molar-refractivity contribution is 6.55. The Hall–Kier alpha value is -3.14. The highest BCUT2D eigenvalue weighted by Gasteiger charge is 2.41. The number of aliphatic hydroxyl groups excluding tert-OH is 1. The van der Waals surface area contributed by atoms with Crippen molar-refractivity contribution in [2.45, 2.75) is 29.9 Å². The second-order valence-electron chi connectivity index (χ2n) is 10.4. The molecular formula is C31H35Cl2N5O3. The lowest BCUT2D eigenvalue weighted by atomic mass is 9.91. The average Bonchev–Trinajstić information content (AvgIpc) is 3.29. The van der Waals surface area contributed by atoms with Gasteiger partial charge in [0.2, 0.25) is 0 Å². The van der Waals surface area contributed by atoms with Crippen LogP contribution in [0.2, 0.25) is 0 Å². The van der Waals surface area contributed by atoms with Crippen molar-refractivity contribution in [2.75, 3.05) is 33.9 Å². The number of fused-ring (bicyclic) bond motifs is 1. The molecule has 1 aromatic heterocycles. The number of allylic oxidation sites excluding steroid dienone is 2. The molecule has 216 valence electrons. The van der Waals surface area contributed by atoms with Crippen LogP contribution in [-0.4, -0.2) is 69.7 Å².